The first kappa shape index (κ1) is 12.7. The maximum absolute atomic E-state index is 11.8. The molecule has 0 atom stereocenters. The first-order chi connectivity index (χ1) is 8.70. The van der Waals surface area contributed by atoms with E-state index in [-0.39, 0.29) is 17.4 Å². The van der Waals surface area contributed by atoms with Crippen molar-refractivity contribution < 1.29 is 19.5 Å². The van der Waals surface area contributed by atoms with Crippen LogP contribution in [-0.2, 0) is 4.84 Å². The summed E-state index contributed by atoms with van der Waals surface area (Å²) in [5.41, 5.74) is 2.55. The molecule has 98 valence electrons. The minimum atomic E-state index is -0.443. The van der Waals surface area contributed by atoms with Gasteiger partial charge in [0.1, 0.15) is 11.5 Å². The molecule has 0 unspecified atom stereocenters. The number of aromatic hydroxyl groups is 1. The lowest BCUT2D eigenvalue weighted by Crippen LogP contribution is -2.28. The number of methoxy groups -OCH3 is 1. The monoisotopic (exact) mass is 251 g/mol. The summed E-state index contributed by atoms with van der Waals surface area (Å²) in [4.78, 5) is 17.1. The second-order valence-corrected chi connectivity index (χ2v) is 4.34. The van der Waals surface area contributed by atoms with E-state index in [1.807, 2.05) is 0 Å². The van der Waals surface area contributed by atoms with Gasteiger partial charge in [-0.1, -0.05) is 12.8 Å². The minimum absolute atomic E-state index is 0.0920. The molecule has 1 saturated carbocycles. The highest BCUT2D eigenvalue weighted by atomic mass is 16.7. The van der Waals surface area contributed by atoms with Gasteiger partial charge in [0.2, 0.25) is 0 Å². The van der Waals surface area contributed by atoms with Gasteiger partial charge in [0.25, 0.3) is 5.91 Å². The van der Waals surface area contributed by atoms with Crippen LogP contribution < -0.4 is 10.2 Å². The summed E-state index contributed by atoms with van der Waals surface area (Å²) in [5, 5.41) is 9.69. The van der Waals surface area contributed by atoms with Gasteiger partial charge < -0.3 is 9.84 Å². The van der Waals surface area contributed by atoms with Gasteiger partial charge in [-0.2, -0.15) is 0 Å². The number of amides is 1. The van der Waals surface area contributed by atoms with E-state index in [0.717, 1.165) is 25.7 Å². The molecule has 0 aliphatic heterocycles. The average Bonchev–Trinajstić information content (AvgIpc) is 2.88. The van der Waals surface area contributed by atoms with E-state index < -0.39 is 5.91 Å². The topological polar surface area (TPSA) is 67.8 Å². The van der Waals surface area contributed by atoms with Crippen molar-refractivity contribution in [2.45, 2.75) is 31.8 Å². The van der Waals surface area contributed by atoms with Gasteiger partial charge in [-0.15, -0.1) is 0 Å². The summed E-state index contributed by atoms with van der Waals surface area (Å²) < 4.78 is 4.95. The molecule has 5 nitrogen and oxygen atoms in total. The van der Waals surface area contributed by atoms with Crippen LogP contribution in [0.5, 0.6) is 11.5 Å². The van der Waals surface area contributed by atoms with E-state index in [1.54, 1.807) is 6.07 Å². The number of nitrogens with one attached hydrogen (secondary N) is 1. The zero-order valence-electron chi connectivity index (χ0n) is 10.3. The zero-order chi connectivity index (χ0) is 13.0. The van der Waals surface area contributed by atoms with Crippen molar-refractivity contribution in [2.75, 3.05) is 7.11 Å². The summed E-state index contributed by atoms with van der Waals surface area (Å²) in [6.45, 7) is 0. The number of hydrogen-bond donors (Lipinski definition) is 2. The second kappa shape index (κ2) is 5.73. The van der Waals surface area contributed by atoms with Crippen LogP contribution in [0, 0.1) is 0 Å². The van der Waals surface area contributed by atoms with E-state index in [1.165, 1.54) is 19.2 Å². The Labute approximate surface area is 106 Å². The van der Waals surface area contributed by atoms with Crippen molar-refractivity contribution in [1.29, 1.82) is 0 Å². The Kier molecular flexibility index (Phi) is 4.04. The number of carbonyl (C=O) groups excluding carboxylic acids is 1. The Balaban J connectivity index is 1.95. The van der Waals surface area contributed by atoms with Gasteiger partial charge in [-0.3, -0.25) is 9.63 Å². The van der Waals surface area contributed by atoms with Crippen LogP contribution in [-0.4, -0.2) is 24.2 Å². The summed E-state index contributed by atoms with van der Waals surface area (Å²) in [7, 11) is 1.50. The number of hydroxylamine groups is 1. The van der Waals surface area contributed by atoms with Gasteiger partial charge in [-0.05, 0) is 25.0 Å². The van der Waals surface area contributed by atoms with Crippen molar-refractivity contribution in [3.63, 3.8) is 0 Å². The number of ether oxygens (including phenoxy) is 1. The Morgan fingerprint density at radius 1 is 1.39 bits per heavy atom. The Morgan fingerprint density at radius 2 is 2.11 bits per heavy atom. The lowest BCUT2D eigenvalue weighted by molar-refractivity contribution is -0.0126. The average molecular weight is 251 g/mol. The first-order valence-corrected chi connectivity index (χ1v) is 6.03. The third kappa shape index (κ3) is 2.92. The molecule has 1 amide bonds. The summed E-state index contributed by atoms with van der Waals surface area (Å²) >= 11 is 0. The largest absolute Gasteiger partial charge is 0.507 e. The van der Waals surface area contributed by atoms with E-state index in [2.05, 4.69) is 5.48 Å². The lowest BCUT2D eigenvalue weighted by Gasteiger charge is -2.12. The van der Waals surface area contributed by atoms with Crippen LogP contribution >= 0.6 is 0 Å². The standard InChI is InChI=1S/C13H17NO4/c1-17-10-6-7-11(12(15)8-10)13(16)14-18-9-4-2-3-5-9/h6-9,15H,2-5H2,1H3,(H,14,16). The highest BCUT2D eigenvalue weighted by Crippen LogP contribution is 2.24. The Bertz CT molecular complexity index is 427. The summed E-state index contributed by atoms with van der Waals surface area (Å²) in [6, 6.07) is 4.51. The van der Waals surface area contributed by atoms with Crippen LogP contribution in [0.4, 0.5) is 0 Å². The third-order valence-corrected chi connectivity index (χ3v) is 3.07. The van der Waals surface area contributed by atoms with Gasteiger partial charge in [0, 0.05) is 6.07 Å². The van der Waals surface area contributed by atoms with Gasteiger partial charge in [0.15, 0.2) is 0 Å². The minimum Gasteiger partial charge on any atom is -0.507 e. The van der Waals surface area contributed by atoms with Crippen LogP contribution in [0.2, 0.25) is 0 Å². The fourth-order valence-corrected chi connectivity index (χ4v) is 2.03. The number of phenolic OH excluding ortho intramolecular Hbond substituents is 1. The molecule has 0 aromatic heterocycles. The number of phenols is 1. The van der Waals surface area contributed by atoms with Gasteiger partial charge in [0.05, 0.1) is 18.8 Å². The van der Waals surface area contributed by atoms with E-state index >= 15 is 0 Å². The Hall–Kier alpha value is -1.75. The SMILES string of the molecule is COc1ccc(C(=O)NOC2CCCC2)c(O)c1. The smallest absolute Gasteiger partial charge is 0.278 e. The van der Waals surface area contributed by atoms with Crippen LogP contribution in [0.15, 0.2) is 18.2 Å². The third-order valence-electron chi connectivity index (χ3n) is 3.07. The molecule has 1 aliphatic rings. The molecule has 1 fully saturated rings. The van der Waals surface area contributed by atoms with E-state index in [4.69, 9.17) is 9.57 Å². The molecular formula is C13H17NO4. The van der Waals surface area contributed by atoms with Crippen LogP contribution in [0.1, 0.15) is 36.0 Å². The summed E-state index contributed by atoms with van der Waals surface area (Å²) in [6.07, 6.45) is 4.29. The second-order valence-electron chi connectivity index (χ2n) is 4.34. The summed E-state index contributed by atoms with van der Waals surface area (Å²) in [5.74, 6) is -0.0651. The molecule has 0 saturated heterocycles. The number of carbonyl (C=O) groups is 1. The van der Waals surface area contributed by atoms with Gasteiger partial charge in [-0.25, -0.2) is 5.48 Å². The molecule has 2 N–H and O–H groups in total. The predicted molar refractivity (Wildman–Crippen MR) is 65.5 cm³/mol. The first-order valence-electron chi connectivity index (χ1n) is 6.03. The fourth-order valence-electron chi connectivity index (χ4n) is 2.03. The normalized spacial score (nSPS) is 15.6. The van der Waals surface area contributed by atoms with Crippen molar-refractivity contribution in [3.05, 3.63) is 23.8 Å². The quantitative estimate of drug-likeness (QED) is 0.803. The predicted octanol–water partition coefficient (Wildman–Crippen LogP) is 2.00. The fraction of sp³-hybridized carbons (Fsp3) is 0.462. The molecule has 5 heteroatoms. The maximum atomic E-state index is 11.8. The molecule has 1 aromatic rings. The maximum Gasteiger partial charge on any atom is 0.278 e. The molecular weight excluding hydrogens is 234 g/mol. The molecule has 18 heavy (non-hydrogen) atoms. The molecule has 2 rings (SSSR count). The molecule has 0 radical (unpaired) electrons. The van der Waals surface area contributed by atoms with Crippen molar-refractivity contribution in [3.8, 4) is 11.5 Å². The van der Waals surface area contributed by atoms with Crippen molar-refractivity contribution in [1.82, 2.24) is 5.48 Å². The number of rotatable bonds is 4. The molecule has 0 heterocycles. The van der Waals surface area contributed by atoms with E-state index in [9.17, 15) is 9.90 Å². The Morgan fingerprint density at radius 3 is 2.72 bits per heavy atom. The zero-order valence-corrected chi connectivity index (χ0v) is 10.3. The van der Waals surface area contributed by atoms with Gasteiger partial charge >= 0.3 is 0 Å². The molecule has 1 aromatic carbocycles. The van der Waals surface area contributed by atoms with Crippen molar-refractivity contribution in [2.24, 2.45) is 0 Å². The number of hydrogen-bond acceptors (Lipinski definition) is 4. The molecule has 1 aliphatic carbocycles. The molecule has 0 bridgehead atoms. The highest BCUT2D eigenvalue weighted by Gasteiger charge is 2.18. The number of benzene rings is 1. The van der Waals surface area contributed by atoms with Crippen LogP contribution in [0.3, 0.4) is 0 Å². The van der Waals surface area contributed by atoms with Crippen molar-refractivity contribution >= 4 is 5.91 Å². The molecule has 0 spiro atoms. The highest BCUT2D eigenvalue weighted by molar-refractivity contribution is 5.96. The van der Waals surface area contributed by atoms with E-state index in [0.29, 0.717) is 5.75 Å². The lowest BCUT2D eigenvalue weighted by atomic mass is 10.2. The van der Waals surface area contributed by atoms with Crippen LogP contribution in [0.25, 0.3) is 0 Å².